The molecule has 170 valence electrons. The number of hydrogen-bond acceptors (Lipinski definition) is 5. The van der Waals surface area contributed by atoms with Crippen molar-refractivity contribution in [2.75, 3.05) is 13.2 Å². The maximum Gasteiger partial charge on any atom is 0.335 e. The first kappa shape index (κ1) is 22.6. The summed E-state index contributed by atoms with van der Waals surface area (Å²) in [6, 6.07) is 16.7. The van der Waals surface area contributed by atoms with Gasteiger partial charge in [0.1, 0.15) is 5.75 Å². The zero-order valence-corrected chi connectivity index (χ0v) is 19.3. The van der Waals surface area contributed by atoms with Crippen molar-refractivity contribution in [3.63, 3.8) is 0 Å². The van der Waals surface area contributed by atoms with Crippen LogP contribution in [0.15, 0.2) is 60.7 Å². The molecule has 3 aromatic rings. The summed E-state index contributed by atoms with van der Waals surface area (Å²) in [5, 5.41) is 0. The van der Waals surface area contributed by atoms with Crippen LogP contribution in [0.2, 0.25) is 0 Å². The Hall–Kier alpha value is -3.57. The standard InChI is InChI=1S/C28H29NO4/c1-4-10-26(30)33-28-24(17-29)27(32-6-3)23(16-25(28)31-5-2)21-14-9-13-20-19-12-8-7-11-18(19)15-22(20)21/h4,7-14,16H,5-6,15,17,29H2,1-3H3. The minimum atomic E-state index is -0.487. The van der Waals surface area contributed by atoms with E-state index in [-0.39, 0.29) is 6.54 Å². The maximum atomic E-state index is 12.3. The van der Waals surface area contributed by atoms with Gasteiger partial charge in [0.15, 0.2) is 11.5 Å². The van der Waals surface area contributed by atoms with Crippen molar-refractivity contribution in [1.29, 1.82) is 0 Å². The van der Waals surface area contributed by atoms with Crippen LogP contribution in [-0.4, -0.2) is 19.2 Å². The molecular formula is C28H29NO4. The highest BCUT2D eigenvalue weighted by molar-refractivity contribution is 5.89. The molecule has 0 heterocycles. The molecule has 5 nitrogen and oxygen atoms in total. The van der Waals surface area contributed by atoms with Gasteiger partial charge in [-0.05, 0) is 61.1 Å². The number of hydrogen-bond donors (Lipinski definition) is 1. The Morgan fingerprint density at radius 2 is 1.64 bits per heavy atom. The molecule has 0 saturated carbocycles. The number of carbonyl (C=O) groups is 1. The molecule has 5 heteroatoms. The third kappa shape index (κ3) is 4.24. The Labute approximate surface area is 194 Å². The summed E-state index contributed by atoms with van der Waals surface area (Å²) in [6.07, 6.45) is 3.84. The van der Waals surface area contributed by atoms with Crippen molar-refractivity contribution >= 4 is 5.97 Å². The van der Waals surface area contributed by atoms with Crippen LogP contribution in [0.5, 0.6) is 17.2 Å². The van der Waals surface area contributed by atoms with Crippen molar-refractivity contribution in [3.05, 3.63) is 77.4 Å². The highest BCUT2D eigenvalue weighted by Crippen LogP contribution is 2.49. The predicted molar refractivity (Wildman–Crippen MR) is 131 cm³/mol. The fourth-order valence-corrected chi connectivity index (χ4v) is 4.43. The molecule has 0 atom stereocenters. The number of fused-ring (bicyclic) bond motifs is 3. The Morgan fingerprint density at radius 3 is 2.33 bits per heavy atom. The second kappa shape index (κ2) is 9.92. The summed E-state index contributed by atoms with van der Waals surface area (Å²) in [4.78, 5) is 12.3. The van der Waals surface area contributed by atoms with Gasteiger partial charge < -0.3 is 19.9 Å². The van der Waals surface area contributed by atoms with Gasteiger partial charge in [0.2, 0.25) is 0 Å². The quantitative estimate of drug-likeness (QED) is 0.216. The molecule has 2 N–H and O–H groups in total. The van der Waals surface area contributed by atoms with E-state index in [2.05, 4.69) is 42.5 Å². The lowest BCUT2D eigenvalue weighted by atomic mass is 9.93. The topological polar surface area (TPSA) is 70.8 Å². The van der Waals surface area contributed by atoms with E-state index < -0.39 is 5.97 Å². The number of esters is 1. The summed E-state index contributed by atoms with van der Waals surface area (Å²) in [7, 11) is 0. The number of nitrogens with two attached hydrogens (primary N) is 1. The third-order valence-corrected chi connectivity index (χ3v) is 5.73. The number of ether oxygens (including phenoxy) is 3. The van der Waals surface area contributed by atoms with E-state index in [1.165, 1.54) is 28.3 Å². The fraction of sp³-hybridized carbons (Fsp3) is 0.250. The molecule has 0 aromatic heterocycles. The second-order valence-electron chi connectivity index (χ2n) is 7.72. The zero-order valence-electron chi connectivity index (χ0n) is 19.3. The largest absolute Gasteiger partial charge is 0.493 e. The van der Waals surface area contributed by atoms with E-state index in [0.717, 1.165) is 17.5 Å². The first-order valence-electron chi connectivity index (χ1n) is 11.3. The van der Waals surface area contributed by atoms with Crippen LogP contribution in [0.3, 0.4) is 0 Å². The molecule has 1 aliphatic carbocycles. The van der Waals surface area contributed by atoms with E-state index in [4.69, 9.17) is 19.9 Å². The summed E-state index contributed by atoms with van der Waals surface area (Å²) >= 11 is 0. The van der Waals surface area contributed by atoms with Crippen molar-refractivity contribution in [2.45, 2.75) is 33.7 Å². The van der Waals surface area contributed by atoms with E-state index in [0.29, 0.717) is 36.0 Å². The first-order valence-corrected chi connectivity index (χ1v) is 11.3. The lowest BCUT2D eigenvalue weighted by Crippen LogP contribution is -2.12. The van der Waals surface area contributed by atoms with Crippen LogP contribution >= 0.6 is 0 Å². The first-order chi connectivity index (χ1) is 16.1. The van der Waals surface area contributed by atoms with Crippen molar-refractivity contribution in [2.24, 2.45) is 5.73 Å². The highest BCUT2D eigenvalue weighted by atomic mass is 16.6. The summed E-state index contributed by atoms with van der Waals surface area (Å²) in [5.74, 6) is 0.920. The van der Waals surface area contributed by atoms with Gasteiger partial charge in [-0.2, -0.15) is 0 Å². The third-order valence-electron chi connectivity index (χ3n) is 5.73. The van der Waals surface area contributed by atoms with E-state index in [9.17, 15) is 4.79 Å². The molecule has 3 aromatic carbocycles. The van der Waals surface area contributed by atoms with Gasteiger partial charge in [0, 0.05) is 18.2 Å². The smallest absolute Gasteiger partial charge is 0.335 e. The van der Waals surface area contributed by atoms with Crippen LogP contribution < -0.4 is 19.9 Å². The minimum absolute atomic E-state index is 0.136. The van der Waals surface area contributed by atoms with Crippen LogP contribution in [0.25, 0.3) is 22.3 Å². The van der Waals surface area contributed by atoms with Gasteiger partial charge in [-0.15, -0.1) is 0 Å². The van der Waals surface area contributed by atoms with Crippen molar-refractivity contribution in [3.8, 4) is 39.5 Å². The average Bonchev–Trinajstić information content (AvgIpc) is 3.20. The van der Waals surface area contributed by atoms with Crippen LogP contribution in [0.1, 0.15) is 37.5 Å². The molecule has 0 spiro atoms. The van der Waals surface area contributed by atoms with Crippen molar-refractivity contribution in [1.82, 2.24) is 0 Å². The average molecular weight is 444 g/mol. The maximum absolute atomic E-state index is 12.3. The Balaban J connectivity index is 1.95. The van der Waals surface area contributed by atoms with Crippen molar-refractivity contribution < 1.29 is 19.0 Å². The van der Waals surface area contributed by atoms with E-state index >= 15 is 0 Å². The van der Waals surface area contributed by atoms with Crippen LogP contribution in [0, 0.1) is 0 Å². The lowest BCUT2D eigenvalue weighted by molar-refractivity contribution is -0.129. The number of carbonyl (C=O) groups excluding carboxylic acids is 1. The lowest BCUT2D eigenvalue weighted by Gasteiger charge is -2.22. The fourth-order valence-electron chi connectivity index (χ4n) is 4.43. The molecule has 0 aliphatic heterocycles. The van der Waals surface area contributed by atoms with Crippen LogP contribution in [0.4, 0.5) is 0 Å². The highest BCUT2D eigenvalue weighted by Gasteiger charge is 2.27. The number of allylic oxidation sites excluding steroid dienone is 1. The summed E-state index contributed by atoms with van der Waals surface area (Å²) in [6.45, 7) is 6.59. The Morgan fingerprint density at radius 1 is 0.939 bits per heavy atom. The SMILES string of the molecule is CC=CC(=O)Oc1c(OCC)cc(-c2cccc3c2Cc2ccccc2-3)c(OCC)c1CN. The van der Waals surface area contributed by atoms with Gasteiger partial charge in [-0.3, -0.25) is 0 Å². The van der Waals surface area contributed by atoms with E-state index in [1.54, 1.807) is 13.0 Å². The molecular weight excluding hydrogens is 414 g/mol. The van der Waals surface area contributed by atoms with Gasteiger partial charge in [0.25, 0.3) is 0 Å². The number of rotatable bonds is 8. The zero-order chi connectivity index (χ0) is 23.4. The Kier molecular flexibility index (Phi) is 6.80. The van der Waals surface area contributed by atoms with Gasteiger partial charge in [-0.25, -0.2) is 4.79 Å². The van der Waals surface area contributed by atoms with E-state index in [1.807, 2.05) is 19.9 Å². The Bertz CT molecular complexity index is 1210. The molecule has 1 aliphatic rings. The monoisotopic (exact) mass is 443 g/mol. The van der Waals surface area contributed by atoms with Gasteiger partial charge in [-0.1, -0.05) is 48.5 Å². The summed E-state index contributed by atoms with van der Waals surface area (Å²) < 4.78 is 17.7. The predicted octanol–water partition coefficient (Wildman–Crippen LogP) is 5.66. The molecule has 0 amide bonds. The molecule has 33 heavy (non-hydrogen) atoms. The number of benzene rings is 3. The molecule has 0 bridgehead atoms. The normalized spacial score (nSPS) is 11.9. The molecule has 0 saturated heterocycles. The molecule has 0 unspecified atom stereocenters. The van der Waals surface area contributed by atoms with Gasteiger partial charge >= 0.3 is 5.97 Å². The second-order valence-corrected chi connectivity index (χ2v) is 7.72. The minimum Gasteiger partial charge on any atom is -0.493 e. The van der Waals surface area contributed by atoms with Gasteiger partial charge in [0.05, 0.1) is 18.8 Å². The molecule has 0 fully saturated rings. The molecule has 0 radical (unpaired) electrons. The summed E-state index contributed by atoms with van der Waals surface area (Å²) in [5.41, 5.74) is 13.8. The molecule has 4 rings (SSSR count). The van der Waals surface area contributed by atoms with Crippen LogP contribution in [-0.2, 0) is 17.8 Å².